The van der Waals surface area contributed by atoms with Crippen LogP contribution in [-0.2, 0) is 5.21 Å². The highest BCUT2D eigenvalue weighted by atomic mass is 16.5. The molecular formula is C15H17N4O3. The molecule has 1 saturated heterocycles. The maximum Gasteiger partial charge on any atom is 0.375 e. The lowest BCUT2D eigenvalue weighted by Crippen LogP contribution is -2.50. The number of hydrazone groups is 1. The van der Waals surface area contributed by atoms with Crippen molar-refractivity contribution in [3.8, 4) is 0 Å². The Morgan fingerprint density at radius 1 is 1.18 bits per heavy atom. The minimum absolute atomic E-state index is 0.0123. The van der Waals surface area contributed by atoms with E-state index in [0.29, 0.717) is 26.1 Å². The first kappa shape index (κ1) is 14.7. The minimum atomic E-state index is -0.978. The van der Waals surface area contributed by atoms with Gasteiger partial charge in [-0.3, -0.25) is 0 Å². The van der Waals surface area contributed by atoms with E-state index < -0.39 is 11.1 Å². The van der Waals surface area contributed by atoms with Crippen LogP contribution in [0.1, 0.15) is 38.8 Å². The lowest BCUT2D eigenvalue weighted by Gasteiger charge is -2.30. The summed E-state index contributed by atoms with van der Waals surface area (Å²) in [6.07, 6.45) is 1.42. The summed E-state index contributed by atoms with van der Waals surface area (Å²) < 4.78 is 0.623. The van der Waals surface area contributed by atoms with Gasteiger partial charge in [0.2, 0.25) is 0 Å². The van der Waals surface area contributed by atoms with Crippen LogP contribution in [0.3, 0.4) is 0 Å². The molecule has 1 radical (unpaired) electrons. The molecule has 0 saturated carbocycles. The van der Waals surface area contributed by atoms with Gasteiger partial charge in [-0.15, -0.1) is 0 Å². The summed E-state index contributed by atoms with van der Waals surface area (Å²) in [6, 6.07) is 7.04. The molecule has 1 aromatic carbocycles. The molecule has 2 aliphatic rings. The van der Waals surface area contributed by atoms with E-state index in [1.54, 1.807) is 52.0 Å². The number of rotatable bonds is 0. The third kappa shape index (κ3) is 1.66. The molecule has 0 unspecified atom stereocenters. The zero-order valence-electron chi connectivity index (χ0n) is 12.9. The first-order valence-electron chi connectivity index (χ1n) is 6.99. The Bertz CT molecular complexity index is 721. The van der Waals surface area contributed by atoms with E-state index in [1.807, 2.05) is 0 Å². The van der Waals surface area contributed by atoms with E-state index in [4.69, 9.17) is 0 Å². The summed E-state index contributed by atoms with van der Waals surface area (Å²) in [5.74, 6) is -0.200. The van der Waals surface area contributed by atoms with Gasteiger partial charge in [-0.05, 0) is 32.5 Å². The minimum Gasteiger partial charge on any atom is -0.737 e. The van der Waals surface area contributed by atoms with Crippen molar-refractivity contribution in [2.24, 2.45) is 5.10 Å². The molecule has 3 rings (SSSR count). The van der Waals surface area contributed by atoms with Crippen LogP contribution in [-0.4, -0.2) is 32.3 Å². The quantitative estimate of drug-likeness (QED) is 0.689. The molecule has 1 aromatic rings. The third-order valence-electron chi connectivity index (χ3n) is 4.82. The Morgan fingerprint density at radius 2 is 1.82 bits per heavy atom. The lowest BCUT2D eigenvalue weighted by molar-refractivity contribution is -0.567. The fourth-order valence-corrected chi connectivity index (χ4v) is 2.61. The highest BCUT2D eigenvalue weighted by Gasteiger charge is 2.67. The number of fused-ring (bicyclic) bond motifs is 1. The largest absolute Gasteiger partial charge is 0.737 e. The molecule has 0 N–H and O–H groups in total. The van der Waals surface area contributed by atoms with Crippen LogP contribution in [0.2, 0.25) is 0 Å². The predicted octanol–water partition coefficient (Wildman–Crippen LogP) is 2.46. The van der Waals surface area contributed by atoms with Gasteiger partial charge in [-0.25, -0.2) is 0 Å². The molecule has 0 amide bonds. The normalized spacial score (nSPS) is 25.6. The topological polar surface area (TPSA) is 81.9 Å². The summed E-state index contributed by atoms with van der Waals surface area (Å²) in [6.45, 7) is 6.74. The van der Waals surface area contributed by atoms with Crippen LogP contribution < -0.4 is 0 Å². The second-order valence-electron chi connectivity index (χ2n) is 6.48. The van der Waals surface area contributed by atoms with Gasteiger partial charge in [0.1, 0.15) is 0 Å². The van der Waals surface area contributed by atoms with Gasteiger partial charge >= 0.3 is 5.82 Å². The number of benzene rings is 1. The van der Waals surface area contributed by atoms with Crippen molar-refractivity contribution in [3.05, 3.63) is 51.3 Å². The molecule has 115 valence electrons. The van der Waals surface area contributed by atoms with E-state index in [0.717, 1.165) is 0 Å². The number of hydrogen-bond donors (Lipinski definition) is 0. The first-order chi connectivity index (χ1) is 10.2. The van der Waals surface area contributed by atoms with Crippen LogP contribution in [0.25, 0.3) is 5.70 Å². The van der Waals surface area contributed by atoms with Crippen molar-refractivity contribution in [1.29, 1.82) is 0 Å². The van der Waals surface area contributed by atoms with Gasteiger partial charge in [0.25, 0.3) is 0 Å². The van der Waals surface area contributed by atoms with Gasteiger partial charge in [0, 0.05) is 16.3 Å². The van der Waals surface area contributed by atoms with Gasteiger partial charge in [0.15, 0.2) is 16.8 Å². The number of hydroxylamine groups is 3. The molecule has 0 aromatic heterocycles. The van der Waals surface area contributed by atoms with E-state index >= 15 is 0 Å². The molecular weight excluding hydrogens is 284 g/mol. The maximum absolute atomic E-state index is 12.7. The fourth-order valence-electron chi connectivity index (χ4n) is 2.61. The van der Waals surface area contributed by atoms with Gasteiger partial charge < -0.3 is 10.4 Å². The van der Waals surface area contributed by atoms with Crippen LogP contribution in [0.4, 0.5) is 0 Å². The lowest BCUT2D eigenvalue weighted by atomic mass is 9.84. The molecule has 7 nitrogen and oxygen atoms in total. The van der Waals surface area contributed by atoms with Crippen LogP contribution in [0.15, 0.2) is 35.2 Å². The Labute approximate surface area is 128 Å². The monoisotopic (exact) mass is 301 g/mol. The van der Waals surface area contributed by atoms with Crippen molar-refractivity contribution in [3.63, 3.8) is 0 Å². The highest BCUT2D eigenvalue weighted by Crippen LogP contribution is 2.45. The second-order valence-corrected chi connectivity index (χ2v) is 6.48. The number of nitrogens with zero attached hydrogens (tertiary/aromatic N) is 4. The van der Waals surface area contributed by atoms with Gasteiger partial charge in [-0.2, -0.15) is 5.10 Å². The smallest absolute Gasteiger partial charge is 0.375 e. The van der Waals surface area contributed by atoms with Gasteiger partial charge in [0.05, 0.1) is 6.21 Å². The van der Waals surface area contributed by atoms with Crippen molar-refractivity contribution in [2.45, 2.75) is 38.8 Å². The molecule has 0 bridgehead atoms. The molecule has 22 heavy (non-hydrogen) atoms. The van der Waals surface area contributed by atoms with Gasteiger partial charge in [-0.1, -0.05) is 34.2 Å². The Balaban J connectivity index is 2.31. The Hall–Kier alpha value is -2.25. The molecule has 2 heterocycles. The molecule has 0 atom stereocenters. The third-order valence-corrected chi connectivity index (χ3v) is 4.82. The molecule has 1 fully saturated rings. The standard InChI is InChI=1S/C15H17N4O3/c1-14(2)15(3,4)18(21)13(17(14)20)12-11-8-6-5-7-10(11)9-16-19(12)22/h5-9H,1-4H3. The number of nitroso groups, excluding NO2 is 1. The predicted molar refractivity (Wildman–Crippen MR) is 80.5 cm³/mol. The summed E-state index contributed by atoms with van der Waals surface area (Å²) in [5.41, 5.74) is -0.747. The van der Waals surface area contributed by atoms with Crippen LogP contribution in [0, 0.1) is 10.1 Å². The second kappa shape index (κ2) is 4.37. The summed E-state index contributed by atoms with van der Waals surface area (Å²) >= 11 is 0. The van der Waals surface area contributed by atoms with E-state index in [2.05, 4.69) is 5.10 Å². The van der Waals surface area contributed by atoms with Crippen molar-refractivity contribution < 1.29 is 9.97 Å². The van der Waals surface area contributed by atoms with Crippen molar-refractivity contribution in [2.75, 3.05) is 0 Å². The van der Waals surface area contributed by atoms with E-state index in [9.17, 15) is 15.3 Å². The Kier molecular flexibility index (Phi) is 2.92. The zero-order chi connectivity index (χ0) is 16.3. The van der Waals surface area contributed by atoms with E-state index in [-0.39, 0.29) is 11.5 Å². The molecule has 0 spiro atoms. The van der Waals surface area contributed by atoms with Crippen LogP contribution >= 0.6 is 0 Å². The molecule has 2 aliphatic heterocycles. The molecule has 0 aliphatic carbocycles. The summed E-state index contributed by atoms with van der Waals surface area (Å²) in [4.78, 5) is 12.7. The summed E-state index contributed by atoms with van der Waals surface area (Å²) in [5, 5.41) is 29.6. The average molecular weight is 301 g/mol. The average Bonchev–Trinajstić information content (AvgIpc) is 2.59. The first-order valence-corrected chi connectivity index (χ1v) is 6.99. The fraction of sp³-hybridized carbons (Fsp3) is 0.400. The highest BCUT2D eigenvalue weighted by molar-refractivity contribution is 5.91. The summed E-state index contributed by atoms with van der Waals surface area (Å²) in [7, 11) is 0. The van der Waals surface area contributed by atoms with E-state index in [1.165, 1.54) is 6.21 Å². The SMILES string of the molecule is CC1(C)N([O])/C(=C2\c3ccccc3C=NN2[O-])[N+](=O)C1(C)C. The maximum atomic E-state index is 12.7. The van der Waals surface area contributed by atoms with Crippen molar-refractivity contribution in [1.82, 2.24) is 10.2 Å². The Morgan fingerprint density at radius 3 is 2.41 bits per heavy atom. The molecule has 7 heteroatoms. The zero-order valence-corrected chi connectivity index (χ0v) is 12.9. The van der Waals surface area contributed by atoms with Crippen LogP contribution in [0.5, 0.6) is 0 Å². The number of hydrogen-bond acceptors (Lipinski definition) is 5. The van der Waals surface area contributed by atoms with Crippen molar-refractivity contribution >= 4 is 11.9 Å².